The fourth-order valence-electron chi connectivity index (χ4n) is 1.30. The van der Waals surface area contributed by atoms with Crippen molar-refractivity contribution in [3.63, 3.8) is 0 Å². The van der Waals surface area contributed by atoms with Crippen LogP contribution in [0, 0.1) is 0 Å². The molecule has 72 valence electrons. The number of hydrogen-bond acceptors (Lipinski definition) is 2. The summed E-state index contributed by atoms with van der Waals surface area (Å²) in [5.41, 5.74) is 1.69. The van der Waals surface area contributed by atoms with Crippen molar-refractivity contribution in [2.45, 2.75) is 10.8 Å². The topological polar surface area (TPSA) is 32.7 Å². The van der Waals surface area contributed by atoms with E-state index in [9.17, 15) is 4.79 Å². The lowest BCUT2D eigenvalue weighted by atomic mass is 10.3. The van der Waals surface area contributed by atoms with Gasteiger partial charge in [-0.3, -0.25) is 4.79 Å². The maximum atomic E-state index is 11.7. The molecule has 1 aromatic carbocycles. The van der Waals surface area contributed by atoms with Gasteiger partial charge in [0.2, 0.25) is 0 Å². The molecule has 0 spiro atoms. The number of carbonyl (C=O) groups excluding carboxylic acids is 1. The van der Waals surface area contributed by atoms with Crippen LogP contribution in [0.2, 0.25) is 0 Å². The van der Waals surface area contributed by atoms with E-state index < -0.39 is 0 Å². The molecular formula is C10H9IN2O. The van der Waals surface area contributed by atoms with Crippen LogP contribution in [0.5, 0.6) is 0 Å². The summed E-state index contributed by atoms with van der Waals surface area (Å²) in [7, 11) is 0. The summed E-state index contributed by atoms with van der Waals surface area (Å²) in [6.07, 6.45) is 0. The quantitative estimate of drug-likeness (QED) is 0.578. The number of anilines is 1. The Bertz CT molecular complexity index is 388. The number of rotatable bonds is 1. The average Bonchev–Trinajstić information content (AvgIpc) is 2.47. The van der Waals surface area contributed by atoms with Gasteiger partial charge in [-0.15, -0.1) is 0 Å². The Morgan fingerprint density at radius 2 is 2.00 bits per heavy atom. The lowest BCUT2D eigenvalue weighted by Crippen LogP contribution is -2.26. The van der Waals surface area contributed by atoms with Crippen LogP contribution in [0.4, 0.5) is 5.69 Å². The summed E-state index contributed by atoms with van der Waals surface area (Å²) in [5.74, 6) is 0.0364. The zero-order valence-electron chi connectivity index (χ0n) is 7.64. The summed E-state index contributed by atoms with van der Waals surface area (Å²) in [5, 5.41) is 5.68. The van der Waals surface area contributed by atoms with Gasteiger partial charge in [0.1, 0.15) is 3.92 Å². The SMILES string of the molecule is CC1=NN(c2ccccc2)C(=O)[C@@H]1I. The van der Waals surface area contributed by atoms with Crippen molar-refractivity contribution in [1.29, 1.82) is 0 Å². The van der Waals surface area contributed by atoms with Crippen LogP contribution in [-0.2, 0) is 4.79 Å². The van der Waals surface area contributed by atoms with Gasteiger partial charge in [0, 0.05) is 0 Å². The van der Waals surface area contributed by atoms with Gasteiger partial charge in [-0.1, -0.05) is 40.8 Å². The van der Waals surface area contributed by atoms with Crippen LogP contribution >= 0.6 is 22.6 Å². The standard InChI is InChI=1S/C10H9IN2O/c1-7-9(11)10(14)13(12-7)8-5-3-2-4-6-8/h2-6,9H,1H3/t9-/m1/s1. The molecule has 1 aliphatic rings. The summed E-state index contributed by atoms with van der Waals surface area (Å²) in [6, 6.07) is 9.47. The highest BCUT2D eigenvalue weighted by atomic mass is 127. The first-order valence-corrected chi connectivity index (χ1v) is 5.53. The van der Waals surface area contributed by atoms with E-state index in [0.717, 1.165) is 11.4 Å². The first-order valence-electron chi connectivity index (χ1n) is 4.28. The lowest BCUT2D eigenvalue weighted by molar-refractivity contribution is -0.116. The number of alkyl halides is 1. The highest BCUT2D eigenvalue weighted by Crippen LogP contribution is 2.23. The van der Waals surface area contributed by atoms with E-state index in [0.29, 0.717) is 0 Å². The number of hydrogen-bond donors (Lipinski definition) is 0. The molecule has 1 aliphatic heterocycles. The average molecular weight is 300 g/mol. The van der Waals surface area contributed by atoms with Crippen molar-refractivity contribution in [3.05, 3.63) is 30.3 Å². The summed E-state index contributed by atoms with van der Waals surface area (Å²) in [4.78, 5) is 11.7. The molecule has 0 saturated carbocycles. The summed E-state index contributed by atoms with van der Waals surface area (Å²) >= 11 is 2.10. The lowest BCUT2D eigenvalue weighted by Gasteiger charge is -2.11. The second-order valence-electron chi connectivity index (χ2n) is 3.09. The number of para-hydroxylation sites is 1. The van der Waals surface area contributed by atoms with Crippen LogP contribution in [0.15, 0.2) is 35.4 Å². The molecule has 1 atom stereocenters. The van der Waals surface area contributed by atoms with Gasteiger partial charge in [0.05, 0.1) is 11.4 Å². The molecule has 0 aromatic heterocycles. The van der Waals surface area contributed by atoms with Crippen LogP contribution in [0.3, 0.4) is 0 Å². The van der Waals surface area contributed by atoms with Crippen molar-refractivity contribution < 1.29 is 4.79 Å². The molecule has 1 amide bonds. The monoisotopic (exact) mass is 300 g/mol. The Morgan fingerprint density at radius 3 is 2.50 bits per heavy atom. The van der Waals surface area contributed by atoms with Gasteiger partial charge >= 0.3 is 0 Å². The maximum Gasteiger partial charge on any atom is 0.266 e. The van der Waals surface area contributed by atoms with Gasteiger partial charge in [0.15, 0.2) is 0 Å². The fraction of sp³-hybridized carbons (Fsp3) is 0.200. The minimum Gasteiger partial charge on any atom is -0.271 e. The van der Waals surface area contributed by atoms with Crippen LogP contribution in [0.25, 0.3) is 0 Å². The summed E-state index contributed by atoms with van der Waals surface area (Å²) in [6.45, 7) is 1.87. The van der Waals surface area contributed by atoms with Crippen LogP contribution in [-0.4, -0.2) is 15.5 Å². The molecule has 0 N–H and O–H groups in total. The molecule has 0 unspecified atom stereocenters. The van der Waals surface area contributed by atoms with Gasteiger partial charge in [-0.2, -0.15) is 10.1 Å². The van der Waals surface area contributed by atoms with E-state index in [4.69, 9.17) is 0 Å². The Labute approximate surface area is 95.9 Å². The second-order valence-corrected chi connectivity index (χ2v) is 4.34. The number of benzene rings is 1. The highest BCUT2D eigenvalue weighted by molar-refractivity contribution is 14.1. The minimum atomic E-state index is -0.118. The highest BCUT2D eigenvalue weighted by Gasteiger charge is 2.31. The first kappa shape index (κ1) is 9.64. The van der Waals surface area contributed by atoms with Crippen molar-refractivity contribution in [2.75, 3.05) is 5.01 Å². The Morgan fingerprint density at radius 1 is 1.36 bits per heavy atom. The molecule has 1 heterocycles. The molecular weight excluding hydrogens is 291 g/mol. The van der Waals surface area contributed by atoms with Gasteiger partial charge < -0.3 is 0 Å². The predicted molar refractivity (Wildman–Crippen MR) is 64.8 cm³/mol. The number of amides is 1. The molecule has 4 heteroatoms. The van der Waals surface area contributed by atoms with E-state index in [1.54, 1.807) is 0 Å². The number of hydrazone groups is 1. The third-order valence-electron chi connectivity index (χ3n) is 2.05. The molecule has 3 nitrogen and oxygen atoms in total. The Hall–Kier alpha value is -0.910. The molecule has 1 aromatic rings. The van der Waals surface area contributed by atoms with E-state index in [-0.39, 0.29) is 9.83 Å². The Balaban J connectivity index is 2.35. The zero-order valence-corrected chi connectivity index (χ0v) is 9.80. The van der Waals surface area contributed by atoms with Crippen molar-refractivity contribution >= 4 is 39.9 Å². The van der Waals surface area contributed by atoms with Crippen molar-refractivity contribution in [1.82, 2.24) is 0 Å². The molecule has 0 aliphatic carbocycles. The van der Waals surface area contributed by atoms with Gasteiger partial charge in [-0.05, 0) is 19.1 Å². The number of nitrogens with zero attached hydrogens (tertiary/aromatic N) is 2. The zero-order chi connectivity index (χ0) is 10.1. The number of carbonyl (C=O) groups is 1. The molecule has 0 fully saturated rings. The molecule has 2 rings (SSSR count). The third-order valence-corrected chi connectivity index (χ3v) is 3.48. The smallest absolute Gasteiger partial charge is 0.266 e. The van der Waals surface area contributed by atoms with Crippen molar-refractivity contribution in [2.24, 2.45) is 5.10 Å². The van der Waals surface area contributed by atoms with E-state index in [2.05, 4.69) is 27.7 Å². The van der Waals surface area contributed by atoms with Gasteiger partial charge in [-0.25, -0.2) is 0 Å². The maximum absolute atomic E-state index is 11.7. The molecule has 0 bridgehead atoms. The minimum absolute atomic E-state index is 0.0364. The van der Waals surface area contributed by atoms with Crippen molar-refractivity contribution in [3.8, 4) is 0 Å². The van der Waals surface area contributed by atoms with E-state index in [1.807, 2.05) is 37.3 Å². The molecule has 0 saturated heterocycles. The molecule has 14 heavy (non-hydrogen) atoms. The van der Waals surface area contributed by atoms with Gasteiger partial charge in [0.25, 0.3) is 5.91 Å². The van der Waals surface area contributed by atoms with E-state index in [1.165, 1.54) is 5.01 Å². The Kier molecular flexibility index (Phi) is 2.54. The van der Waals surface area contributed by atoms with Crippen LogP contribution in [0.1, 0.15) is 6.92 Å². The fourth-order valence-corrected chi connectivity index (χ4v) is 1.69. The number of halogens is 1. The largest absolute Gasteiger partial charge is 0.271 e. The first-order chi connectivity index (χ1) is 6.70. The second kappa shape index (κ2) is 3.68. The predicted octanol–water partition coefficient (Wildman–Crippen LogP) is 2.21. The third kappa shape index (κ3) is 1.54. The summed E-state index contributed by atoms with van der Waals surface area (Å²) < 4.78 is -0.118. The van der Waals surface area contributed by atoms with Crippen LogP contribution < -0.4 is 5.01 Å². The molecule has 0 radical (unpaired) electrons. The normalized spacial score (nSPS) is 21.3. The van der Waals surface area contributed by atoms with E-state index >= 15 is 0 Å².